The molecule has 19 heteroatoms. The summed E-state index contributed by atoms with van der Waals surface area (Å²) < 4.78 is 96.3. The minimum atomic E-state index is -4.98. The largest absolute Gasteiger partial charge is 0.416 e. The Labute approximate surface area is 552 Å². The van der Waals surface area contributed by atoms with E-state index in [9.17, 15) is 42.1 Å². The van der Waals surface area contributed by atoms with Gasteiger partial charge >= 0.3 is 12.4 Å². The van der Waals surface area contributed by atoms with E-state index in [2.05, 4.69) is 48.6 Å². The summed E-state index contributed by atoms with van der Waals surface area (Å²) in [5.74, 6) is -0.919. The van der Waals surface area contributed by atoms with Crippen molar-refractivity contribution in [1.82, 2.24) is 24.1 Å². The zero-order valence-electron chi connectivity index (χ0n) is 50.3. The van der Waals surface area contributed by atoms with Gasteiger partial charge in [0.25, 0.3) is 0 Å². The van der Waals surface area contributed by atoms with E-state index in [1.807, 2.05) is 0 Å². The molecule has 0 unspecified atom stereocenters. The highest BCUT2D eigenvalue weighted by molar-refractivity contribution is 6.14. The standard InChI is InChI=1S/C79H35F6N13/c80-78(81,82)57-14-24-73(97-69-20-10-49(59-16-6-44(36-86)26-53(59)40-90)30-63(69)64-31-50(11-21-70(64)97)60-17-7-45(37-87)27-54(60)41-91)67(34-57)76-94-75(48-4-2-1-3-5-48)95-77(96-76)68-35-58(79(83,84)85)15-25-74(68)98-71-22-12-51(61-18-8-46(38-88)28-55(61)42-92)32-65(71)66-33-52(13-23-72(66)98)62-19-9-47(39-89)29-56(62)43-93/h1-35H. The van der Waals surface area contributed by atoms with Gasteiger partial charge in [0, 0.05) is 38.2 Å². The molecule has 13 nitrogen and oxygen atoms in total. The average Bonchev–Trinajstić information content (AvgIpc) is 1.63. The van der Waals surface area contributed by atoms with Crippen LogP contribution in [0.5, 0.6) is 0 Å². The van der Waals surface area contributed by atoms with Gasteiger partial charge in [-0.1, -0.05) is 78.9 Å². The van der Waals surface area contributed by atoms with Crippen molar-refractivity contribution in [3.8, 4) is 139 Å². The van der Waals surface area contributed by atoms with Crippen molar-refractivity contribution < 1.29 is 26.3 Å². The topological polar surface area (TPSA) is 239 Å². The van der Waals surface area contributed by atoms with Crippen molar-refractivity contribution in [2.45, 2.75) is 12.4 Å². The summed E-state index contributed by atoms with van der Waals surface area (Å²) in [5, 5.41) is 82.3. The maximum atomic E-state index is 15.5. The van der Waals surface area contributed by atoms with Crippen molar-refractivity contribution in [2.24, 2.45) is 0 Å². The van der Waals surface area contributed by atoms with Crippen LogP contribution in [0, 0.1) is 90.6 Å². The quantitative estimate of drug-likeness (QED) is 0.123. The number of rotatable bonds is 9. The predicted molar refractivity (Wildman–Crippen MR) is 354 cm³/mol. The molecule has 0 aliphatic rings. The van der Waals surface area contributed by atoms with Crippen LogP contribution in [-0.4, -0.2) is 24.1 Å². The first-order valence-corrected chi connectivity index (χ1v) is 29.6. The molecular weight excluding hydrogens is 1240 g/mol. The summed E-state index contributed by atoms with van der Waals surface area (Å²) in [6, 6.07) is 70.6. The third-order valence-corrected chi connectivity index (χ3v) is 17.1. The highest BCUT2D eigenvalue weighted by atomic mass is 19.4. The zero-order valence-corrected chi connectivity index (χ0v) is 50.3. The van der Waals surface area contributed by atoms with Gasteiger partial charge in [-0.25, -0.2) is 15.0 Å². The van der Waals surface area contributed by atoms with E-state index in [1.54, 1.807) is 161 Å². The van der Waals surface area contributed by atoms with Gasteiger partial charge in [0.05, 0.1) is 138 Å². The van der Waals surface area contributed by atoms with Crippen LogP contribution in [0.1, 0.15) is 55.6 Å². The summed E-state index contributed by atoms with van der Waals surface area (Å²) in [7, 11) is 0. The SMILES string of the molecule is N#Cc1ccc(-c2ccc3c(c2)c2cc(-c4ccc(C#N)cc4C#N)ccc2n3-c2ccc(C(F)(F)F)cc2-c2nc(-c3ccccc3)nc(-c3cc(C(F)(F)F)ccc3-n3c4ccc(-c5ccc(C#N)cc5C#N)cc4c4cc(-c5ccc(C#N)cc5C#N)ccc43)n2)c(C#N)c1. The minimum Gasteiger partial charge on any atom is -0.309 e. The van der Waals surface area contributed by atoms with Crippen LogP contribution in [0.3, 0.4) is 0 Å². The Balaban J connectivity index is 1.05. The molecule has 0 fully saturated rings. The van der Waals surface area contributed by atoms with E-state index in [0.717, 1.165) is 24.3 Å². The van der Waals surface area contributed by atoms with Crippen molar-refractivity contribution >= 4 is 43.6 Å². The van der Waals surface area contributed by atoms with Crippen molar-refractivity contribution in [1.29, 1.82) is 42.1 Å². The highest BCUT2D eigenvalue weighted by Crippen LogP contribution is 2.46. The van der Waals surface area contributed by atoms with Gasteiger partial charge in [0.1, 0.15) is 0 Å². The van der Waals surface area contributed by atoms with Crippen LogP contribution in [-0.2, 0) is 12.4 Å². The fourth-order valence-corrected chi connectivity index (χ4v) is 12.6. The molecule has 0 saturated heterocycles. The summed E-state index contributed by atoms with van der Waals surface area (Å²) in [6.07, 6.45) is -9.96. The smallest absolute Gasteiger partial charge is 0.309 e. The van der Waals surface area contributed by atoms with Gasteiger partial charge in [-0.15, -0.1) is 0 Å². The minimum absolute atomic E-state index is 0.0729. The first kappa shape index (κ1) is 61.1. The molecule has 98 heavy (non-hydrogen) atoms. The van der Waals surface area contributed by atoms with Gasteiger partial charge < -0.3 is 9.13 Å². The van der Waals surface area contributed by atoms with E-state index >= 15 is 26.3 Å². The fourth-order valence-electron chi connectivity index (χ4n) is 12.6. The molecule has 0 aliphatic heterocycles. The third kappa shape index (κ3) is 10.6. The number of nitrogens with zero attached hydrogens (tertiary/aromatic N) is 13. The van der Waals surface area contributed by atoms with Crippen LogP contribution >= 0.6 is 0 Å². The zero-order chi connectivity index (χ0) is 68.3. The van der Waals surface area contributed by atoms with Gasteiger partial charge in [-0.2, -0.15) is 68.4 Å². The second-order valence-electron chi connectivity index (χ2n) is 22.7. The fraction of sp³-hybridized carbons (Fsp3) is 0.0253. The second-order valence-corrected chi connectivity index (χ2v) is 22.7. The molecule has 0 aliphatic carbocycles. The number of aromatic nitrogens is 5. The maximum absolute atomic E-state index is 15.5. The Morgan fingerprint density at radius 2 is 0.561 bits per heavy atom. The molecule has 0 radical (unpaired) electrons. The molecule has 458 valence electrons. The average molecular weight is 1280 g/mol. The van der Waals surface area contributed by atoms with Crippen molar-refractivity contribution in [2.75, 3.05) is 0 Å². The number of fused-ring (bicyclic) bond motifs is 6. The van der Waals surface area contributed by atoms with Crippen LogP contribution in [0.4, 0.5) is 26.3 Å². The number of alkyl halides is 6. The van der Waals surface area contributed by atoms with Gasteiger partial charge in [0.2, 0.25) is 0 Å². The van der Waals surface area contributed by atoms with Crippen molar-refractivity contribution in [3.05, 3.63) is 268 Å². The number of nitriles is 8. The third-order valence-electron chi connectivity index (χ3n) is 17.1. The first-order chi connectivity index (χ1) is 47.4. The molecule has 3 aromatic heterocycles. The van der Waals surface area contributed by atoms with Gasteiger partial charge in [-0.3, -0.25) is 0 Å². The Morgan fingerprint density at radius 3 is 0.837 bits per heavy atom. The van der Waals surface area contributed by atoms with E-state index in [0.29, 0.717) is 93.7 Å². The van der Waals surface area contributed by atoms with Crippen LogP contribution in [0.2, 0.25) is 0 Å². The monoisotopic (exact) mass is 1280 g/mol. The molecule has 11 aromatic carbocycles. The number of hydrogen-bond donors (Lipinski definition) is 0. The Morgan fingerprint density at radius 1 is 0.265 bits per heavy atom. The molecule has 0 atom stereocenters. The molecule has 0 N–H and O–H groups in total. The molecule has 0 saturated carbocycles. The molecular formula is C79H35F6N13. The second kappa shape index (κ2) is 23.9. The van der Waals surface area contributed by atoms with Gasteiger partial charge in [-0.05, 0) is 178 Å². The maximum Gasteiger partial charge on any atom is 0.416 e. The lowest BCUT2D eigenvalue weighted by Gasteiger charge is -2.19. The molecule has 0 amide bonds. The highest BCUT2D eigenvalue weighted by Gasteiger charge is 2.35. The van der Waals surface area contributed by atoms with E-state index in [-0.39, 0.29) is 72.8 Å². The van der Waals surface area contributed by atoms with Crippen LogP contribution in [0.15, 0.2) is 212 Å². The summed E-state index contributed by atoms with van der Waals surface area (Å²) >= 11 is 0. The Hall–Kier alpha value is -14.5. The summed E-state index contributed by atoms with van der Waals surface area (Å²) in [4.78, 5) is 14.8. The number of benzene rings is 11. The molecule has 14 rings (SSSR count). The van der Waals surface area contributed by atoms with Crippen LogP contribution < -0.4 is 0 Å². The van der Waals surface area contributed by atoms with Crippen LogP contribution in [0.25, 0.3) is 134 Å². The lowest BCUT2D eigenvalue weighted by molar-refractivity contribution is -0.138. The lowest BCUT2D eigenvalue weighted by Crippen LogP contribution is -2.10. The summed E-state index contributed by atoms with van der Waals surface area (Å²) in [5.41, 5.74) is 5.03. The lowest BCUT2D eigenvalue weighted by atomic mass is 9.95. The Bertz CT molecular complexity index is 5540. The van der Waals surface area contributed by atoms with E-state index < -0.39 is 35.1 Å². The molecule has 14 aromatic rings. The first-order valence-electron chi connectivity index (χ1n) is 29.6. The van der Waals surface area contributed by atoms with E-state index in [4.69, 9.17) is 15.0 Å². The predicted octanol–water partition coefficient (Wildman–Crippen LogP) is 18.7. The normalized spacial score (nSPS) is 11.3. The van der Waals surface area contributed by atoms with E-state index in [1.165, 1.54) is 36.4 Å². The van der Waals surface area contributed by atoms with Crippen molar-refractivity contribution in [3.63, 3.8) is 0 Å². The Kier molecular flexibility index (Phi) is 14.9. The molecule has 0 spiro atoms. The van der Waals surface area contributed by atoms with Gasteiger partial charge in [0.15, 0.2) is 17.5 Å². The molecule has 0 bridgehead atoms. The molecule has 3 heterocycles. The number of hydrogen-bond acceptors (Lipinski definition) is 11. The number of halogens is 6. The summed E-state index contributed by atoms with van der Waals surface area (Å²) in [6.45, 7) is 0.